The second-order valence-electron chi connectivity index (χ2n) is 10.1. The first-order valence-corrected chi connectivity index (χ1v) is 15.8. The number of hydrogen-bond donors (Lipinski definition) is 0. The summed E-state index contributed by atoms with van der Waals surface area (Å²) in [5.41, 5.74) is 0.113. The molecule has 2 heterocycles. The molecule has 0 radical (unpaired) electrons. The van der Waals surface area contributed by atoms with Gasteiger partial charge in [0.05, 0.1) is 14.2 Å². The Morgan fingerprint density at radius 2 is 0.649 bits per heavy atom. The first-order valence-electron chi connectivity index (χ1n) is 15.8. The van der Waals surface area contributed by atoms with Gasteiger partial charge in [-0.1, -0.05) is 97.1 Å². The van der Waals surface area contributed by atoms with Crippen LogP contribution in [0.15, 0.2) is 179 Å². The molecule has 17 heteroatoms. The minimum Gasteiger partial charge on any atom is -0.872 e. The van der Waals surface area contributed by atoms with Crippen LogP contribution >= 0.6 is 0 Å². The number of methoxy groups -OCH3 is 2. The minimum absolute atomic E-state index is 0. The maximum Gasteiger partial charge on any atom is 2.00 e. The van der Waals surface area contributed by atoms with Crippen molar-refractivity contribution in [1.82, 2.24) is 9.97 Å². The first kappa shape index (κ1) is 51.1. The summed E-state index contributed by atoms with van der Waals surface area (Å²) in [5.74, 6) is -3.42. The van der Waals surface area contributed by atoms with Crippen molar-refractivity contribution in [3.05, 3.63) is 181 Å². The number of nitrogens with zero attached hydrogens (tertiary/aromatic N) is 6. The number of ether oxygens (including phenoxy) is 2. The molecule has 0 saturated heterocycles. The Kier molecular flexibility index (Phi) is 26.4. The molecule has 0 N–H and O–H groups in total. The van der Waals surface area contributed by atoms with Crippen molar-refractivity contribution in [2.45, 2.75) is 0 Å². The van der Waals surface area contributed by atoms with E-state index in [0.29, 0.717) is 11.5 Å². The van der Waals surface area contributed by atoms with E-state index in [0.717, 1.165) is 0 Å². The van der Waals surface area contributed by atoms with Crippen LogP contribution in [0.3, 0.4) is 0 Å². The van der Waals surface area contributed by atoms with Gasteiger partial charge in [0.2, 0.25) is 0 Å². The quantitative estimate of drug-likeness (QED) is 0.0921. The summed E-state index contributed by atoms with van der Waals surface area (Å²) in [4.78, 5) is 7.57. The van der Waals surface area contributed by atoms with Crippen molar-refractivity contribution in [3.8, 4) is 23.0 Å². The molecule has 0 saturated carbocycles. The van der Waals surface area contributed by atoms with E-state index < -0.39 is 35.1 Å². The maximum absolute atomic E-state index is 11.9. The molecule has 57 heavy (non-hydrogen) atoms. The van der Waals surface area contributed by atoms with Crippen LogP contribution in [0, 0.1) is 0 Å². The third-order valence-electron chi connectivity index (χ3n) is 6.51. The largest absolute Gasteiger partial charge is 2.00 e. The molecule has 0 aliphatic heterocycles. The van der Waals surface area contributed by atoms with E-state index in [9.17, 15) is 30.6 Å². The van der Waals surface area contributed by atoms with Gasteiger partial charge in [-0.15, -0.1) is 11.5 Å². The molecule has 0 amide bonds. The molecule has 14 nitrogen and oxygen atoms in total. The van der Waals surface area contributed by atoms with Crippen molar-refractivity contribution >= 4 is 23.6 Å². The molecule has 6 aromatic rings. The number of hydrogen-bond acceptors (Lipinski definition) is 14. The van der Waals surface area contributed by atoms with Crippen molar-refractivity contribution in [2.75, 3.05) is 14.2 Å². The summed E-state index contributed by atoms with van der Waals surface area (Å²) < 4.78 is 10.0. The molecule has 0 fully saturated rings. The van der Waals surface area contributed by atoms with Gasteiger partial charge in [-0.25, -0.2) is 0 Å². The Morgan fingerprint density at radius 3 is 0.895 bits per heavy atom. The summed E-state index contributed by atoms with van der Waals surface area (Å²) in [6, 6.07) is 35.5. The molecule has 2 aromatic heterocycles. The third-order valence-corrected chi connectivity index (χ3v) is 6.51. The average molecular weight is 921 g/mol. The van der Waals surface area contributed by atoms with E-state index in [-0.39, 0.29) is 80.7 Å². The van der Waals surface area contributed by atoms with Crippen LogP contribution in [0.2, 0.25) is 0 Å². The van der Waals surface area contributed by atoms with Gasteiger partial charge in [0.15, 0.2) is 0 Å². The second-order valence-corrected chi connectivity index (χ2v) is 10.1. The van der Waals surface area contributed by atoms with Gasteiger partial charge in [-0.2, -0.15) is 20.4 Å². The summed E-state index contributed by atoms with van der Waals surface area (Å²) in [6.45, 7) is 0. The van der Waals surface area contributed by atoms with Crippen LogP contribution in [0.1, 0.15) is 22.3 Å². The third kappa shape index (κ3) is 18.1. The first-order chi connectivity index (χ1) is 26.3. The molecule has 6 rings (SSSR count). The molecular formula is C40H32N6O8Zn3. The predicted molar refractivity (Wildman–Crippen MR) is 192 cm³/mol. The van der Waals surface area contributed by atoms with Crippen LogP contribution in [0.25, 0.3) is 0 Å². The van der Waals surface area contributed by atoms with E-state index in [1.165, 1.54) is 74.9 Å². The fourth-order valence-corrected chi connectivity index (χ4v) is 3.95. The van der Waals surface area contributed by atoms with Gasteiger partial charge < -0.3 is 40.1 Å². The Hall–Kier alpha value is -5.87. The van der Waals surface area contributed by atoms with Gasteiger partial charge in [-0.05, 0) is 47.5 Å². The van der Waals surface area contributed by atoms with Gasteiger partial charge in [0, 0.05) is 59.5 Å². The zero-order valence-electron chi connectivity index (χ0n) is 31.1. The average Bonchev–Trinajstić information content (AvgIpc) is 3.24. The van der Waals surface area contributed by atoms with Crippen molar-refractivity contribution < 1.29 is 98.5 Å². The Balaban J connectivity index is 0.000000816. The summed E-state index contributed by atoms with van der Waals surface area (Å²) in [7, 11) is 2.84. The fourth-order valence-electron chi connectivity index (χ4n) is 3.95. The zero-order chi connectivity index (χ0) is 39.0. The number of rotatable bonds is 8. The molecule has 0 atom stereocenters. The Labute approximate surface area is 368 Å². The van der Waals surface area contributed by atoms with Crippen LogP contribution in [0.4, 0.5) is 0 Å². The van der Waals surface area contributed by atoms with Gasteiger partial charge in [0.25, 0.3) is 0 Å². The number of para-hydroxylation sites is 4. The van der Waals surface area contributed by atoms with E-state index in [1.807, 2.05) is 36.4 Å². The molecule has 4 aromatic carbocycles. The minimum atomic E-state index is -0.858. The van der Waals surface area contributed by atoms with Crippen molar-refractivity contribution in [1.29, 1.82) is 0 Å². The standard InChI is InChI=1S/2C15H14N2O4.2C5H5N.3Zn/c2*1-21-13-9-5-3-7-11(13)15(20)17-16-14(19)10-6-2-4-8-12(10)18;2*1-2-4-6-5-3-1;;;/h2*2-9,18H,1H3,(H,16,19)(H,17,20);2*1-5H;;;/q;;;;3*+2/p-6. The molecule has 0 bridgehead atoms. The summed E-state index contributed by atoms with van der Waals surface area (Å²) in [6.07, 6.45) is 7.00. The number of pyridine rings is 2. The normalized spacial score (nSPS) is 10.7. The predicted octanol–water partition coefficient (Wildman–Crippen LogP) is 1.35. The SMILES string of the molecule is COc1ccccc1/C([O-])=N/N=C(\[O-])c1ccccc1[O-].COc1ccccc1/C([O-])=N/N=C(\[O-])c1ccccc1[O-].[Zn+2].[Zn+2].[Zn+2].c1ccncc1.c1ccncc1. The fraction of sp³-hybridized carbons (Fsp3) is 0.0500. The maximum atomic E-state index is 11.9. The second kappa shape index (κ2) is 29.4. The molecule has 0 unspecified atom stereocenters. The van der Waals surface area contributed by atoms with Gasteiger partial charge >= 0.3 is 58.4 Å². The van der Waals surface area contributed by atoms with Crippen LogP contribution in [0.5, 0.6) is 23.0 Å². The van der Waals surface area contributed by atoms with Crippen molar-refractivity contribution in [2.24, 2.45) is 20.4 Å². The zero-order valence-corrected chi connectivity index (χ0v) is 40.0. The Morgan fingerprint density at radius 1 is 0.386 bits per heavy atom. The van der Waals surface area contributed by atoms with Crippen molar-refractivity contribution in [3.63, 3.8) is 0 Å². The molecule has 276 valence electrons. The molecule has 0 spiro atoms. The van der Waals surface area contributed by atoms with Gasteiger partial charge in [0.1, 0.15) is 11.5 Å². The monoisotopic (exact) mass is 916 g/mol. The van der Waals surface area contributed by atoms with Gasteiger partial charge in [-0.3, -0.25) is 9.97 Å². The number of benzene rings is 4. The van der Waals surface area contributed by atoms with E-state index in [1.54, 1.807) is 61.2 Å². The summed E-state index contributed by atoms with van der Waals surface area (Å²) >= 11 is 0. The van der Waals surface area contributed by atoms with Crippen LogP contribution in [-0.2, 0) is 58.4 Å². The van der Waals surface area contributed by atoms with Crippen LogP contribution < -0.4 is 40.1 Å². The van der Waals surface area contributed by atoms with Crippen LogP contribution in [-0.4, -0.2) is 47.8 Å². The topological polar surface area (TPSA) is 232 Å². The number of aromatic nitrogens is 2. The van der Waals surface area contributed by atoms with E-state index in [2.05, 4.69) is 30.4 Å². The van der Waals surface area contributed by atoms with E-state index in [4.69, 9.17) is 9.47 Å². The molecule has 0 aliphatic carbocycles. The summed E-state index contributed by atoms with van der Waals surface area (Å²) in [5, 5.41) is 83.3. The molecule has 0 aliphatic rings. The Bertz CT molecular complexity index is 1940. The van der Waals surface area contributed by atoms with E-state index >= 15 is 0 Å². The smallest absolute Gasteiger partial charge is 0.872 e. The molecular weight excluding hydrogens is 889 g/mol.